The molecule has 5 heteroatoms. The SMILES string of the molecule is CC[C@H](C)NC(=O)c1csc(-c2cccnc2)n1. The zero-order chi connectivity index (χ0) is 13.0. The summed E-state index contributed by atoms with van der Waals surface area (Å²) in [5.74, 6) is -0.115. The number of carbonyl (C=O) groups is 1. The van der Waals surface area contributed by atoms with Crippen molar-refractivity contribution in [2.24, 2.45) is 0 Å². The molecular weight excluding hydrogens is 246 g/mol. The highest BCUT2D eigenvalue weighted by atomic mass is 32.1. The van der Waals surface area contributed by atoms with E-state index in [1.165, 1.54) is 11.3 Å². The molecular formula is C13H15N3OS. The van der Waals surface area contributed by atoms with Crippen molar-refractivity contribution >= 4 is 17.2 Å². The molecule has 1 amide bonds. The summed E-state index contributed by atoms with van der Waals surface area (Å²) >= 11 is 1.45. The van der Waals surface area contributed by atoms with Crippen LogP contribution >= 0.6 is 11.3 Å². The third-order valence-electron chi connectivity index (χ3n) is 2.64. The van der Waals surface area contributed by atoms with E-state index in [1.807, 2.05) is 26.0 Å². The smallest absolute Gasteiger partial charge is 0.270 e. The Labute approximate surface area is 110 Å². The number of nitrogens with zero attached hydrogens (tertiary/aromatic N) is 2. The Bertz CT molecular complexity index is 524. The first-order valence-corrected chi connectivity index (χ1v) is 6.75. The summed E-state index contributed by atoms with van der Waals surface area (Å²) in [6.45, 7) is 4.01. The normalized spacial score (nSPS) is 12.1. The lowest BCUT2D eigenvalue weighted by Gasteiger charge is -2.09. The Morgan fingerprint density at radius 3 is 3.06 bits per heavy atom. The minimum atomic E-state index is -0.115. The van der Waals surface area contributed by atoms with Gasteiger partial charge >= 0.3 is 0 Å². The van der Waals surface area contributed by atoms with E-state index >= 15 is 0 Å². The van der Waals surface area contributed by atoms with Gasteiger partial charge in [0.15, 0.2) is 0 Å². The Kier molecular flexibility index (Phi) is 4.04. The molecule has 0 spiro atoms. The summed E-state index contributed by atoms with van der Waals surface area (Å²) in [7, 11) is 0. The number of thiazole rings is 1. The van der Waals surface area contributed by atoms with Crippen molar-refractivity contribution in [3.63, 3.8) is 0 Å². The lowest BCUT2D eigenvalue weighted by molar-refractivity contribution is 0.0935. The van der Waals surface area contributed by atoms with Gasteiger partial charge in [-0.15, -0.1) is 11.3 Å². The van der Waals surface area contributed by atoms with Gasteiger partial charge < -0.3 is 5.32 Å². The van der Waals surface area contributed by atoms with Gasteiger partial charge in [-0.25, -0.2) is 4.98 Å². The van der Waals surface area contributed by atoms with Crippen molar-refractivity contribution in [1.82, 2.24) is 15.3 Å². The predicted molar refractivity (Wildman–Crippen MR) is 72.6 cm³/mol. The summed E-state index contributed by atoms with van der Waals surface area (Å²) in [6, 6.07) is 3.96. The predicted octanol–water partition coefficient (Wildman–Crippen LogP) is 2.73. The Morgan fingerprint density at radius 1 is 1.56 bits per heavy atom. The molecule has 4 nitrogen and oxygen atoms in total. The molecule has 2 rings (SSSR count). The fourth-order valence-corrected chi connectivity index (χ4v) is 2.19. The lowest BCUT2D eigenvalue weighted by atomic mass is 10.2. The molecule has 0 aliphatic carbocycles. The van der Waals surface area contributed by atoms with E-state index in [2.05, 4.69) is 15.3 Å². The third kappa shape index (κ3) is 2.92. The fraction of sp³-hybridized carbons (Fsp3) is 0.308. The molecule has 1 atom stereocenters. The maximum Gasteiger partial charge on any atom is 0.270 e. The summed E-state index contributed by atoms with van der Waals surface area (Å²) in [5.41, 5.74) is 1.41. The van der Waals surface area contributed by atoms with E-state index in [-0.39, 0.29) is 11.9 Å². The number of hydrogen-bond acceptors (Lipinski definition) is 4. The second-order valence-electron chi connectivity index (χ2n) is 4.06. The van der Waals surface area contributed by atoms with Crippen LogP contribution in [0.25, 0.3) is 10.6 Å². The Hall–Kier alpha value is -1.75. The van der Waals surface area contributed by atoms with E-state index in [9.17, 15) is 4.79 Å². The number of hydrogen-bond donors (Lipinski definition) is 1. The first-order chi connectivity index (χ1) is 8.70. The minimum absolute atomic E-state index is 0.115. The van der Waals surface area contributed by atoms with E-state index in [0.717, 1.165) is 17.0 Å². The summed E-state index contributed by atoms with van der Waals surface area (Å²) in [4.78, 5) is 20.3. The van der Waals surface area contributed by atoms with Crippen LogP contribution in [0, 0.1) is 0 Å². The molecule has 0 saturated heterocycles. The monoisotopic (exact) mass is 261 g/mol. The van der Waals surface area contributed by atoms with Crippen LogP contribution in [-0.2, 0) is 0 Å². The van der Waals surface area contributed by atoms with Crippen LogP contribution in [0.4, 0.5) is 0 Å². The highest BCUT2D eigenvalue weighted by Gasteiger charge is 2.13. The topological polar surface area (TPSA) is 54.9 Å². The van der Waals surface area contributed by atoms with Crippen molar-refractivity contribution in [3.8, 4) is 10.6 Å². The maximum atomic E-state index is 11.9. The first-order valence-electron chi connectivity index (χ1n) is 5.87. The zero-order valence-corrected chi connectivity index (χ0v) is 11.2. The average Bonchev–Trinajstić information content (AvgIpc) is 2.89. The molecule has 0 saturated carbocycles. The molecule has 94 valence electrons. The summed E-state index contributed by atoms with van der Waals surface area (Å²) < 4.78 is 0. The van der Waals surface area contributed by atoms with Crippen LogP contribution in [0.15, 0.2) is 29.9 Å². The molecule has 2 aromatic heterocycles. The van der Waals surface area contributed by atoms with Gasteiger partial charge in [0.1, 0.15) is 10.7 Å². The number of pyridine rings is 1. The molecule has 18 heavy (non-hydrogen) atoms. The number of carbonyl (C=O) groups excluding carboxylic acids is 1. The van der Waals surface area contributed by atoms with E-state index < -0.39 is 0 Å². The second-order valence-corrected chi connectivity index (χ2v) is 4.92. The molecule has 0 radical (unpaired) electrons. The quantitative estimate of drug-likeness (QED) is 0.920. The van der Waals surface area contributed by atoms with Crippen LogP contribution in [0.2, 0.25) is 0 Å². The van der Waals surface area contributed by atoms with Crippen molar-refractivity contribution in [2.75, 3.05) is 0 Å². The molecule has 0 aliphatic heterocycles. The first kappa shape index (κ1) is 12.7. The number of rotatable bonds is 4. The third-order valence-corrected chi connectivity index (χ3v) is 3.53. The van der Waals surface area contributed by atoms with E-state index in [0.29, 0.717) is 5.69 Å². The lowest BCUT2D eigenvalue weighted by Crippen LogP contribution is -2.32. The average molecular weight is 261 g/mol. The van der Waals surface area contributed by atoms with E-state index in [4.69, 9.17) is 0 Å². The molecule has 2 aromatic rings. The van der Waals surface area contributed by atoms with Crippen molar-refractivity contribution < 1.29 is 4.79 Å². The second kappa shape index (κ2) is 5.73. The number of aromatic nitrogens is 2. The molecule has 0 fully saturated rings. The molecule has 1 N–H and O–H groups in total. The van der Waals surface area contributed by atoms with Gasteiger partial charge in [-0.2, -0.15) is 0 Å². The summed E-state index contributed by atoms with van der Waals surface area (Å²) in [6.07, 6.45) is 4.37. The Balaban J connectivity index is 2.13. The molecule has 0 bridgehead atoms. The summed E-state index contributed by atoms with van der Waals surface area (Å²) in [5, 5.41) is 5.50. The number of amides is 1. The molecule has 2 heterocycles. The van der Waals surface area contributed by atoms with Gasteiger partial charge in [0.05, 0.1) is 0 Å². The van der Waals surface area contributed by atoms with Gasteiger partial charge in [-0.1, -0.05) is 6.92 Å². The highest BCUT2D eigenvalue weighted by molar-refractivity contribution is 7.13. The number of nitrogens with one attached hydrogen (secondary N) is 1. The van der Waals surface area contributed by atoms with Crippen LogP contribution in [0.1, 0.15) is 30.8 Å². The standard InChI is InChI=1S/C13H15N3OS/c1-3-9(2)15-12(17)11-8-18-13(16-11)10-5-4-6-14-7-10/h4-9H,3H2,1-2H3,(H,15,17)/t9-/m0/s1. The van der Waals surface area contributed by atoms with Crippen LogP contribution in [0.3, 0.4) is 0 Å². The molecule has 0 aliphatic rings. The van der Waals surface area contributed by atoms with Gasteiger partial charge in [0.25, 0.3) is 5.91 Å². The Morgan fingerprint density at radius 2 is 2.39 bits per heavy atom. The van der Waals surface area contributed by atoms with Crippen molar-refractivity contribution in [1.29, 1.82) is 0 Å². The fourth-order valence-electron chi connectivity index (χ4n) is 1.40. The van der Waals surface area contributed by atoms with Gasteiger partial charge in [-0.3, -0.25) is 9.78 Å². The van der Waals surface area contributed by atoms with Crippen LogP contribution in [-0.4, -0.2) is 21.9 Å². The van der Waals surface area contributed by atoms with Gasteiger partial charge in [0, 0.05) is 29.4 Å². The highest BCUT2D eigenvalue weighted by Crippen LogP contribution is 2.22. The van der Waals surface area contributed by atoms with Crippen molar-refractivity contribution in [3.05, 3.63) is 35.6 Å². The van der Waals surface area contributed by atoms with E-state index in [1.54, 1.807) is 17.8 Å². The van der Waals surface area contributed by atoms with Crippen LogP contribution < -0.4 is 5.32 Å². The van der Waals surface area contributed by atoms with Gasteiger partial charge in [-0.05, 0) is 25.5 Å². The minimum Gasteiger partial charge on any atom is -0.348 e. The molecule has 0 aromatic carbocycles. The van der Waals surface area contributed by atoms with Crippen molar-refractivity contribution in [2.45, 2.75) is 26.3 Å². The van der Waals surface area contributed by atoms with Crippen LogP contribution in [0.5, 0.6) is 0 Å². The molecule has 0 unspecified atom stereocenters. The zero-order valence-electron chi connectivity index (χ0n) is 10.4. The maximum absolute atomic E-state index is 11.9. The largest absolute Gasteiger partial charge is 0.348 e. The van der Waals surface area contributed by atoms with Gasteiger partial charge in [0.2, 0.25) is 0 Å².